The molecule has 2 aliphatic rings. The summed E-state index contributed by atoms with van der Waals surface area (Å²) in [6.07, 6.45) is 2.89. The van der Waals surface area contributed by atoms with Crippen molar-refractivity contribution in [2.24, 2.45) is 0 Å². The van der Waals surface area contributed by atoms with Crippen LogP contribution in [0.1, 0.15) is 27.9 Å². The molecule has 1 aliphatic carbocycles. The molecule has 1 heterocycles. The maximum Gasteiger partial charge on any atom is 0.255 e. The number of ether oxygens (including phenoxy) is 2. The number of nitrogens with two attached hydrogens (primary N) is 1. The minimum atomic E-state index is -0.234. The van der Waals surface area contributed by atoms with E-state index in [9.17, 15) is 4.79 Å². The summed E-state index contributed by atoms with van der Waals surface area (Å²) in [6.45, 7) is 1.71. The van der Waals surface area contributed by atoms with Gasteiger partial charge in [0.1, 0.15) is 5.75 Å². The normalized spacial score (nSPS) is 22.0. The molecule has 4 rings (SSSR count). The van der Waals surface area contributed by atoms with Crippen molar-refractivity contribution in [3.8, 4) is 5.75 Å². The first-order valence-corrected chi connectivity index (χ1v) is 10.7. The number of hydrogen-bond donors (Lipinski definition) is 2. The van der Waals surface area contributed by atoms with Gasteiger partial charge in [0.2, 0.25) is 0 Å². The highest BCUT2D eigenvalue weighted by atomic mass is 35.5. The van der Waals surface area contributed by atoms with Gasteiger partial charge in [0.15, 0.2) is 0 Å². The van der Waals surface area contributed by atoms with Crippen molar-refractivity contribution >= 4 is 23.2 Å². The molecule has 0 spiro atoms. The van der Waals surface area contributed by atoms with E-state index < -0.39 is 0 Å². The number of nitrogen functional groups attached to an aromatic ring is 1. The van der Waals surface area contributed by atoms with E-state index in [4.69, 9.17) is 26.8 Å². The lowest BCUT2D eigenvalue weighted by Crippen LogP contribution is -2.57. The number of methoxy groups -OCH3 is 2. The van der Waals surface area contributed by atoms with Crippen LogP contribution in [0.4, 0.5) is 5.69 Å². The smallest absolute Gasteiger partial charge is 0.255 e. The number of carbonyl (C=O) groups excluding carboxylic acids is 1. The molecule has 7 heteroatoms. The van der Waals surface area contributed by atoms with Gasteiger partial charge in [-0.1, -0.05) is 35.9 Å². The van der Waals surface area contributed by atoms with Crippen LogP contribution in [0.2, 0.25) is 5.02 Å². The van der Waals surface area contributed by atoms with Crippen LogP contribution in [0, 0.1) is 0 Å². The van der Waals surface area contributed by atoms with Crippen LogP contribution in [0.5, 0.6) is 5.75 Å². The molecule has 6 nitrogen and oxygen atoms in total. The van der Waals surface area contributed by atoms with Crippen molar-refractivity contribution < 1.29 is 14.3 Å². The van der Waals surface area contributed by atoms with Crippen molar-refractivity contribution in [1.82, 2.24) is 10.2 Å². The molecule has 2 unspecified atom stereocenters. The number of benzene rings is 2. The van der Waals surface area contributed by atoms with Crippen LogP contribution in [-0.4, -0.2) is 56.3 Å². The molecule has 0 bridgehead atoms. The van der Waals surface area contributed by atoms with Crippen LogP contribution in [-0.2, 0) is 17.6 Å². The van der Waals surface area contributed by atoms with Crippen molar-refractivity contribution in [1.29, 1.82) is 0 Å². The molecule has 1 fully saturated rings. The second-order valence-corrected chi connectivity index (χ2v) is 8.45. The van der Waals surface area contributed by atoms with Gasteiger partial charge >= 0.3 is 0 Å². The maximum atomic E-state index is 12.9. The van der Waals surface area contributed by atoms with E-state index in [1.54, 1.807) is 19.2 Å². The van der Waals surface area contributed by atoms with Crippen LogP contribution in [0.25, 0.3) is 0 Å². The van der Waals surface area contributed by atoms with Gasteiger partial charge in [0.05, 0.1) is 35.5 Å². The molecule has 3 N–H and O–H groups in total. The number of anilines is 1. The third-order valence-electron chi connectivity index (χ3n) is 6.32. The van der Waals surface area contributed by atoms with Crippen LogP contribution in [0.3, 0.4) is 0 Å². The van der Waals surface area contributed by atoms with Gasteiger partial charge in [-0.3, -0.25) is 9.69 Å². The Morgan fingerprint density at radius 3 is 2.53 bits per heavy atom. The number of amides is 1. The summed E-state index contributed by atoms with van der Waals surface area (Å²) in [7, 11) is 3.22. The molecule has 30 heavy (non-hydrogen) atoms. The van der Waals surface area contributed by atoms with Crippen molar-refractivity contribution in [2.75, 3.05) is 33.0 Å². The number of rotatable bonds is 5. The third-order valence-corrected chi connectivity index (χ3v) is 6.65. The Kier molecular flexibility index (Phi) is 6.18. The summed E-state index contributed by atoms with van der Waals surface area (Å²) in [5.41, 5.74) is 9.47. The van der Waals surface area contributed by atoms with E-state index in [2.05, 4.69) is 34.5 Å². The summed E-state index contributed by atoms with van der Waals surface area (Å²) in [4.78, 5) is 15.4. The quantitative estimate of drug-likeness (QED) is 0.714. The van der Waals surface area contributed by atoms with Crippen molar-refractivity contribution in [2.45, 2.75) is 37.5 Å². The van der Waals surface area contributed by atoms with E-state index in [1.807, 2.05) is 0 Å². The monoisotopic (exact) mass is 429 g/mol. The summed E-state index contributed by atoms with van der Waals surface area (Å²) in [5.74, 6) is 0.173. The summed E-state index contributed by atoms with van der Waals surface area (Å²) < 4.78 is 11.1. The number of nitrogens with zero attached hydrogens (tertiary/aromatic N) is 1. The fourth-order valence-electron chi connectivity index (χ4n) is 4.63. The Morgan fingerprint density at radius 2 is 1.90 bits per heavy atom. The van der Waals surface area contributed by atoms with Gasteiger partial charge in [-0.25, -0.2) is 0 Å². The molecule has 1 amide bonds. The first kappa shape index (κ1) is 21.0. The highest BCUT2D eigenvalue weighted by Crippen LogP contribution is 2.30. The molecule has 2 aromatic carbocycles. The highest BCUT2D eigenvalue weighted by Gasteiger charge is 2.36. The maximum absolute atomic E-state index is 12.9. The van der Waals surface area contributed by atoms with Crippen LogP contribution in [0.15, 0.2) is 36.4 Å². The highest BCUT2D eigenvalue weighted by molar-refractivity contribution is 6.33. The SMILES string of the molecule is COc1cc(N)c(Cl)cc1C(=O)NC1CCN(C2Cc3ccccc3C2)CC1OC. The minimum absolute atomic E-state index is 0.0800. The first-order valence-electron chi connectivity index (χ1n) is 10.3. The van der Waals surface area contributed by atoms with Gasteiger partial charge < -0.3 is 20.5 Å². The minimum Gasteiger partial charge on any atom is -0.496 e. The van der Waals surface area contributed by atoms with E-state index >= 15 is 0 Å². The second kappa shape index (κ2) is 8.84. The van der Waals surface area contributed by atoms with E-state index in [1.165, 1.54) is 18.2 Å². The first-order chi connectivity index (χ1) is 14.5. The van der Waals surface area contributed by atoms with E-state index in [0.717, 1.165) is 32.4 Å². The molecular formula is C23H28ClN3O3. The van der Waals surface area contributed by atoms with Crippen molar-refractivity contribution in [3.63, 3.8) is 0 Å². The molecule has 0 radical (unpaired) electrons. The predicted molar refractivity (Wildman–Crippen MR) is 118 cm³/mol. The van der Waals surface area contributed by atoms with Crippen LogP contribution >= 0.6 is 11.6 Å². The lowest BCUT2D eigenvalue weighted by molar-refractivity contribution is -0.00627. The lowest BCUT2D eigenvalue weighted by atomic mass is 9.98. The Morgan fingerprint density at radius 1 is 1.20 bits per heavy atom. The van der Waals surface area contributed by atoms with Gasteiger partial charge in [0.25, 0.3) is 5.91 Å². The molecule has 160 valence electrons. The van der Waals surface area contributed by atoms with Gasteiger partial charge in [0, 0.05) is 32.3 Å². The Balaban J connectivity index is 1.42. The standard InChI is InChI=1S/C23H28ClN3O3/c1-29-21-12-19(25)18(24)11-17(21)23(28)26-20-7-8-27(13-22(20)30-2)16-9-14-5-3-4-6-15(14)10-16/h3-6,11-12,16,20,22H,7-10,13,25H2,1-2H3,(H,26,28). The number of halogens is 1. The number of hydrogen-bond acceptors (Lipinski definition) is 5. The second-order valence-electron chi connectivity index (χ2n) is 8.04. The number of piperidine rings is 1. The number of fused-ring (bicyclic) bond motifs is 1. The molecular weight excluding hydrogens is 402 g/mol. The average molecular weight is 430 g/mol. The number of likely N-dealkylation sites (tertiary alicyclic amines) is 1. The predicted octanol–water partition coefficient (Wildman–Crippen LogP) is 2.92. The number of nitrogens with one attached hydrogen (secondary N) is 1. The average Bonchev–Trinajstić information content (AvgIpc) is 3.19. The summed E-state index contributed by atoms with van der Waals surface area (Å²) in [5, 5.41) is 3.45. The Labute approximate surface area is 182 Å². The molecule has 1 saturated heterocycles. The van der Waals surface area contributed by atoms with Gasteiger partial charge in [-0.2, -0.15) is 0 Å². The Hall–Kier alpha value is -2.28. The van der Waals surface area contributed by atoms with E-state index in [-0.39, 0.29) is 18.1 Å². The third kappa shape index (κ3) is 4.13. The van der Waals surface area contributed by atoms with Crippen LogP contribution < -0.4 is 15.8 Å². The summed E-state index contributed by atoms with van der Waals surface area (Å²) >= 11 is 6.12. The number of carbonyl (C=O) groups is 1. The molecule has 0 aromatic heterocycles. The molecule has 1 aliphatic heterocycles. The zero-order valence-corrected chi connectivity index (χ0v) is 18.1. The topological polar surface area (TPSA) is 76.8 Å². The van der Waals surface area contributed by atoms with Gasteiger partial charge in [-0.15, -0.1) is 0 Å². The molecule has 0 saturated carbocycles. The zero-order chi connectivity index (χ0) is 21.3. The van der Waals surface area contributed by atoms with Crippen molar-refractivity contribution in [3.05, 3.63) is 58.1 Å². The fraction of sp³-hybridized carbons (Fsp3) is 0.435. The molecule has 2 aromatic rings. The van der Waals surface area contributed by atoms with E-state index in [0.29, 0.717) is 28.1 Å². The Bertz CT molecular complexity index is 911. The van der Waals surface area contributed by atoms with Gasteiger partial charge in [-0.05, 0) is 36.5 Å². The lowest BCUT2D eigenvalue weighted by Gasteiger charge is -2.41. The largest absolute Gasteiger partial charge is 0.496 e. The fourth-order valence-corrected chi connectivity index (χ4v) is 4.80. The molecule has 2 atom stereocenters. The zero-order valence-electron chi connectivity index (χ0n) is 17.4. The summed E-state index contributed by atoms with van der Waals surface area (Å²) in [6, 6.07) is 12.2.